The van der Waals surface area contributed by atoms with E-state index in [4.69, 9.17) is 14.2 Å². The van der Waals surface area contributed by atoms with E-state index in [9.17, 15) is 9.59 Å². The minimum Gasteiger partial charge on any atom is -0.497 e. The molecule has 2 fully saturated rings. The molecule has 0 saturated carbocycles. The van der Waals surface area contributed by atoms with Crippen molar-refractivity contribution in [3.8, 4) is 17.2 Å². The molecule has 2 saturated heterocycles. The van der Waals surface area contributed by atoms with Crippen LogP contribution in [0.15, 0.2) is 42.5 Å². The molecule has 2 aromatic rings. The van der Waals surface area contributed by atoms with Crippen molar-refractivity contribution in [1.82, 2.24) is 10.2 Å². The molecular formula is C30H41N3O5. The van der Waals surface area contributed by atoms with Crippen LogP contribution in [0.25, 0.3) is 0 Å². The van der Waals surface area contributed by atoms with Gasteiger partial charge in [-0.1, -0.05) is 18.9 Å². The summed E-state index contributed by atoms with van der Waals surface area (Å²) in [6.45, 7) is 3.93. The van der Waals surface area contributed by atoms with E-state index in [1.165, 1.54) is 25.7 Å². The molecule has 38 heavy (non-hydrogen) atoms. The second-order valence-corrected chi connectivity index (χ2v) is 10.1. The van der Waals surface area contributed by atoms with Gasteiger partial charge in [0.25, 0.3) is 0 Å². The predicted molar refractivity (Wildman–Crippen MR) is 148 cm³/mol. The standard InChI is InChI=1S/C30H41N3O5/c1-36-24-12-10-23(11-13-24)33-28(34)16-14-25(29(33)22-9-15-26(37-2)27(21-22)38-3)30(35)31-17-8-20-32-18-6-4-5-7-19-32/h9-13,15,21,25,29H,4-8,14,16-20H2,1-3H3,(H,31,35)/t25-,29-/m1/s1. The first kappa shape index (κ1) is 27.8. The largest absolute Gasteiger partial charge is 0.497 e. The molecule has 0 unspecified atom stereocenters. The summed E-state index contributed by atoms with van der Waals surface area (Å²) in [4.78, 5) is 31.2. The summed E-state index contributed by atoms with van der Waals surface area (Å²) in [5.41, 5.74) is 1.56. The maximum Gasteiger partial charge on any atom is 0.227 e. The molecule has 2 heterocycles. The molecule has 8 heteroatoms. The SMILES string of the molecule is COc1ccc(N2C(=O)CC[C@@H](C(=O)NCCCN3CCCCCC3)[C@H]2c2ccc(OC)c(OC)c2)cc1. The molecule has 0 bridgehead atoms. The molecule has 2 amide bonds. The van der Waals surface area contributed by atoms with Gasteiger partial charge in [0.1, 0.15) is 5.75 Å². The molecule has 4 rings (SSSR count). The van der Waals surface area contributed by atoms with Crippen LogP contribution < -0.4 is 24.4 Å². The van der Waals surface area contributed by atoms with E-state index in [0.29, 0.717) is 36.6 Å². The lowest BCUT2D eigenvalue weighted by molar-refractivity contribution is -0.129. The van der Waals surface area contributed by atoms with Crippen molar-refractivity contribution in [3.63, 3.8) is 0 Å². The molecule has 1 N–H and O–H groups in total. The number of amides is 2. The number of benzene rings is 2. The van der Waals surface area contributed by atoms with E-state index >= 15 is 0 Å². The first-order valence-corrected chi connectivity index (χ1v) is 13.7. The Morgan fingerprint density at radius 1 is 0.921 bits per heavy atom. The quantitative estimate of drug-likeness (QED) is 0.459. The normalized spacial score (nSPS) is 20.5. The number of rotatable bonds is 10. The van der Waals surface area contributed by atoms with Gasteiger partial charge in [-0.05, 0) is 87.3 Å². The Kier molecular flexibility index (Phi) is 9.87. The van der Waals surface area contributed by atoms with E-state index in [0.717, 1.165) is 37.3 Å². The summed E-state index contributed by atoms with van der Waals surface area (Å²) in [5.74, 6) is 1.44. The highest BCUT2D eigenvalue weighted by Crippen LogP contribution is 2.42. The number of likely N-dealkylation sites (tertiary alicyclic amines) is 1. The van der Waals surface area contributed by atoms with Gasteiger partial charge in [0.2, 0.25) is 11.8 Å². The number of anilines is 1. The number of nitrogens with zero attached hydrogens (tertiary/aromatic N) is 2. The van der Waals surface area contributed by atoms with Gasteiger partial charge in [-0.3, -0.25) is 9.59 Å². The van der Waals surface area contributed by atoms with Crippen molar-refractivity contribution in [2.24, 2.45) is 5.92 Å². The Balaban J connectivity index is 1.56. The summed E-state index contributed by atoms with van der Waals surface area (Å²) in [5, 5.41) is 3.18. The van der Waals surface area contributed by atoms with Crippen molar-refractivity contribution in [2.75, 3.05) is 52.4 Å². The molecule has 0 spiro atoms. The summed E-state index contributed by atoms with van der Waals surface area (Å²) in [6, 6.07) is 12.5. The molecule has 2 aromatic carbocycles. The number of carbonyl (C=O) groups is 2. The van der Waals surface area contributed by atoms with Crippen LogP contribution in [0.2, 0.25) is 0 Å². The van der Waals surface area contributed by atoms with Gasteiger partial charge in [-0.25, -0.2) is 0 Å². The number of hydrogen-bond acceptors (Lipinski definition) is 6. The summed E-state index contributed by atoms with van der Waals surface area (Å²) < 4.78 is 16.3. The second-order valence-electron chi connectivity index (χ2n) is 10.1. The highest BCUT2D eigenvalue weighted by Gasteiger charge is 2.41. The Labute approximate surface area is 226 Å². The molecule has 2 aliphatic rings. The predicted octanol–water partition coefficient (Wildman–Crippen LogP) is 4.58. The maximum atomic E-state index is 13.6. The highest BCUT2D eigenvalue weighted by atomic mass is 16.5. The Morgan fingerprint density at radius 2 is 1.63 bits per heavy atom. The molecule has 0 aliphatic carbocycles. The third-order valence-corrected chi connectivity index (χ3v) is 7.68. The minimum absolute atomic E-state index is 0.0137. The molecule has 2 aliphatic heterocycles. The number of methoxy groups -OCH3 is 3. The van der Waals surface area contributed by atoms with Gasteiger partial charge in [-0.2, -0.15) is 0 Å². The van der Waals surface area contributed by atoms with Gasteiger partial charge in [0, 0.05) is 18.7 Å². The molecular weight excluding hydrogens is 482 g/mol. The van der Waals surface area contributed by atoms with Crippen LogP contribution in [0.5, 0.6) is 17.2 Å². The third-order valence-electron chi connectivity index (χ3n) is 7.68. The van der Waals surface area contributed by atoms with Crippen LogP contribution in [0.3, 0.4) is 0 Å². The molecule has 8 nitrogen and oxygen atoms in total. The van der Waals surface area contributed by atoms with Crippen LogP contribution >= 0.6 is 0 Å². The highest BCUT2D eigenvalue weighted by molar-refractivity contribution is 5.97. The van der Waals surface area contributed by atoms with Crippen LogP contribution in [0, 0.1) is 5.92 Å². The van der Waals surface area contributed by atoms with Gasteiger partial charge in [-0.15, -0.1) is 0 Å². The number of carbonyl (C=O) groups excluding carboxylic acids is 2. The third kappa shape index (κ3) is 6.59. The van der Waals surface area contributed by atoms with Crippen LogP contribution in [-0.4, -0.2) is 64.2 Å². The molecule has 0 aromatic heterocycles. The topological polar surface area (TPSA) is 80.3 Å². The van der Waals surface area contributed by atoms with Gasteiger partial charge in [0.15, 0.2) is 11.5 Å². The fraction of sp³-hybridized carbons (Fsp3) is 0.533. The molecule has 2 atom stereocenters. The van der Waals surface area contributed by atoms with E-state index in [1.807, 2.05) is 42.5 Å². The Morgan fingerprint density at radius 3 is 2.29 bits per heavy atom. The summed E-state index contributed by atoms with van der Waals surface area (Å²) in [7, 11) is 4.79. The fourth-order valence-electron chi connectivity index (χ4n) is 5.64. The first-order chi connectivity index (χ1) is 18.5. The Bertz CT molecular complexity index is 1070. The number of hydrogen-bond donors (Lipinski definition) is 1. The van der Waals surface area contributed by atoms with Gasteiger partial charge in [0.05, 0.1) is 33.3 Å². The smallest absolute Gasteiger partial charge is 0.227 e. The zero-order valence-electron chi connectivity index (χ0n) is 22.9. The average Bonchev–Trinajstić information content (AvgIpc) is 3.23. The minimum atomic E-state index is -0.477. The monoisotopic (exact) mass is 523 g/mol. The van der Waals surface area contributed by atoms with Crippen molar-refractivity contribution < 1.29 is 23.8 Å². The average molecular weight is 524 g/mol. The molecule has 206 valence electrons. The van der Waals surface area contributed by atoms with E-state index in [2.05, 4.69) is 10.2 Å². The van der Waals surface area contributed by atoms with Crippen LogP contribution in [0.1, 0.15) is 56.6 Å². The molecule has 0 radical (unpaired) electrons. The zero-order chi connectivity index (χ0) is 26.9. The zero-order valence-corrected chi connectivity index (χ0v) is 22.9. The van der Waals surface area contributed by atoms with Crippen LogP contribution in [-0.2, 0) is 9.59 Å². The maximum absolute atomic E-state index is 13.6. The number of piperidine rings is 1. The number of nitrogens with one attached hydrogen (secondary N) is 1. The van der Waals surface area contributed by atoms with Gasteiger partial charge < -0.3 is 29.3 Å². The lowest BCUT2D eigenvalue weighted by atomic mass is 9.83. The summed E-state index contributed by atoms with van der Waals surface area (Å²) >= 11 is 0. The van der Waals surface area contributed by atoms with Gasteiger partial charge >= 0.3 is 0 Å². The van der Waals surface area contributed by atoms with Crippen molar-refractivity contribution in [1.29, 1.82) is 0 Å². The Hall–Kier alpha value is -3.26. The fourth-order valence-corrected chi connectivity index (χ4v) is 5.64. The van der Waals surface area contributed by atoms with Crippen molar-refractivity contribution in [2.45, 2.75) is 51.0 Å². The summed E-state index contributed by atoms with van der Waals surface area (Å²) in [6.07, 6.45) is 6.86. The van der Waals surface area contributed by atoms with Crippen LogP contribution in [0.4, 0.5) is 5.69 Å². The second kappa shape index (κ2) is 13.5. The van der Waals surface area contributed by atoms with Crippen molar-refractivity contribution in [3.05, 3.63) is 48.0 Å². The first-order valence-electron chi connectivity index (χ1n) is 13.7. The van der Waals surface area contributed by atoms with E-state index in [1.54, 1.807) is 26.2 Å². The lowest BCUT2D eigenvalue weighted by Gasteiger charge is -2.41. The van der Waals surface area contributed by atoms with E-state index in [-0.39, 0.29) is 11.8 Å². The lowest BCUT2D eigenvalue weighted by Crippen LogP contribution is -2.48. The van der Waals surface area contributed by atoms with Crippen molar-refractivity contribution >= 4 is 17.5 Å². The van der Waals surface area contributed by atoms with E-state index < -0.39 is 12.0 Å². The number of ether oxygens (including phenoxy) is 3.